The van der Waals surface area contributed by atoms with E-state index in [1.807, 2.05) is 0 Å². The van der Waals surface area contributed by atoms with Crippen LogP contribution >= 0.6 is 0 Å². The average molecular weight is 848 g/mol. The first kappa shape index (κ1) is 43.7. The van der Waals surface area contributed by atoms with E-state index in [-0.39, 0.29) is 82.0 Å². The van der Waals surface area contributed by atoms with E-state index in [2.05, 4.69) is 5.32 Å². The van der Waals surface area contributed by atoms with E-state index in [4.69, 9.17) is 34.2 Å². The van der Waals surface area contributed by atoms with Gasteiger partial charge in [0.15, 0.2) is 23.3 Å². The lowest BCUT2D eigenvalue weighted by molar-refractivity contribution is -0.360. The number of nitrogens with zero attached hydrogens (tertiary/aromatic N) is 1. The second kappa shape index (κ2) is 16.8. The van der Waals surface area contributed by atoms with Crippen LogP contribution in [0.5, 0.6) is 5.75 Å². The maximum Gasteiger partial charge on any atom is 0.411 e. The van der Waals surface area contributed by atoms with Gasteiger partial charge in [-0.15, -0.1) is 0 Å². The fourth-order valence-corrected chi connectivity index (χ4v) is 10.5. The number of carboxylic acids is 1. The van der Waals surface area contributed by atoms with Crippen LogP contribution in [0.15, 0.2) is 42.0 Å². The fraction of sp³-hybridized carbons (Fsp3) is 0.634. The highest BCUT2D eigenvalue weighted by Crippen LogP contribution is 2.74. The highest BCUT2D eigenvalue weighted by Gasteiger charge is 2.83. The number of halogens is 2. The SMILES string of the molecule is CCN(COCC(=O)C1(OCO)CCC2C3C[C@H](F)C4=CC(=O)C=CC45OC(CC21C)[C@@]35F)C(=O)OCc1ccc(OC2CC(O)CC(C(=O)O)O2)c(NC(=O)CCN)c1. The van der Waals surface area contributed by atoms with Crippen LogP contribution < -0.4 is 15.8 Å². The van der Waals surface area contributed by atoms with Gasteiger partial charge in [0, 0.05) is 49.3 Å². The fourth-order valence-electron chi connectivity index (χ4n) is 10.5. The third kappa shape index (κ3) is 7.30. The van der Waals surface area contributed by atoms with E-state index in [1.165, 1.54) is 29.2 Å². The lowest BCUT2D eigenvalue weighted by atomic mass is 9.44. The normalized spacial score (nSPS) is 36.1. The van der Waals surface area contributed by atoms with E-state index in [9.17, 15) is 39.3 Å². The second-order valence-corrected chi connectivity index (χ2v) is 16.5. The number of carbonyl (C=O) groups is 5. The summed E-state index contributed by atoms with van der Waals surface area (Å²) < 4.78 is 67.7. The zero-order valence-electron chi connectivity index (χ0n) is 33.3. The first-order valence-electron chi connectivity index (χ1n) is 20.1. The minimum absolute atomic E-state index is 0.0155. The molecule has 7 rings (SSSR count). The molecule has 328 valence electrons. The Morgan fingerprint density at radius 3 is 2.65 bits per heavy atom. The number of benzene rings is 1. The van der Waals surface area contributed by atoms with Crippen LogP contribution in [-0.2, 0) is 49.5 Å². The van der Waals surface area contributed by atoms with Crippen molar-refractivity contribution in [2.45, 2.75) is 113 Å². The second-order valence-electron chi connectivity index (χ2n) is 16.5. The Balaban J connectivity index is 0.981. The summed E-state index contributed by atoms with van der Waals surface area (Å²) in [5.74, 6) is -3.97. The summed E-state index contributed by atoms with van der Waals surface area (Å²) in [7, 11) is 0. The summed E-state index contributed by atoms with van der Waals surface area (Å²) in [5.41, 5.74) is -0.311. The highest BCUT2D eigenvalue weighted by molar-refractivity contribution is 6.02. The molecule has 1 aromatic carbocycles. The van der Waals surface area contributed by atoms with Crippen molar-refractivity contribution in [3.05, 3.63) is 47.6 Å². The molecule has 6 aliphatic rings. The molecular weight excluding hydrogens is 796 g/mol. The molecule has 0 bridgehead atoms. The molecule has 6 N–H and O–H groups in total. The van der Waals surface area contributed by atoms with Gasteiger partial charge in [0.25, 0.3) is 0 Å². The number of hydrogen-bond acceptors (Lipinski definition) is 14. The maximum absolute atomic E-state index is 17.4. The maximum atomic E-state index is 17.4. The van der Waals surface area contributed by atoms with E-state index < -0.39 is 108 Å². The standard InChI is InChI=1S/C41H51F2N3O14/c1-3-46(37(54)56-18-22-4-5-30(29(12-22)45-34(51)8-11-44)58-35-15-24(49)14-31(59-35)36(52)53)20-55-19-32(50)40(57-21-47)10-7-25-26-16-28(42)27-13-23(48)6-9-39(27)41(26,43)33(60-39)17-38(25,40)2/h4-6,9,12-13,24-26,28,31,33,35,47,49H,3,7-8,10-11,14-21,44H2,1-2H3,(H,45,51)(H,52,53)/t24?,25?,26?,28-,31?,33?,35?,38?,39?,40?,41-/m0/s1. The minimum atomic E-state index is -2.00. The molecular formula is C41H51F2N3O14. The topological polar surface area (TPSA) is 243 Å². The molecule has 2 amide bonds. The van der Waals surface area contributed by atoms with Crippen molar-refractivity contribution in [1.29, 1.82) is 0 Å². The number of allylic oxidation sites excluding steroid dienone is 2. The van der Waals surface area contributed by atoms with Crippen LogP contribution in [0.4, 0.5) is 19.3 Å². The summed E-state index contributed by atoms with van der Waals surface area (Å²) >= 11 is 0. The number of aliphatic hydroxyl groups excluding tert-OH is 2. The first-order valence-corrected chi connectivity index (χ1v) is 20.1. The van der Waals surface area contributed by atoms with Crippen LogP contribution in [0.1, 0.15) is 64.4 Å². The number of ether oxygens (including phenoxy) is 6. The zero-order valence-corrected chi connectivity index (χ0v) is 33.3. The average Bonchev–Trinajstić information content (AvgIpc) is 3.49. The third-order valence-electron chi connectivity index (χ3n) is 13.3. The molecule has 4 aliphatic carbocycles. The number of rotatable bonds is 16. The van der Waals surface area contributed by atoms with Gasteiger partial charge in [-0.3, -0.25) is 19.3 Å². The molecule has 0 radical (unpaired) electrons. The van der Waals surface area contributed by atoms with Gasteiger partial charge in [0.2, 0.25) is 12.2 Å². The van der Waals surface area contributed by atoms with Crippen LogP contribution in [0, 0.1) is 17.3 Å². The largest absolute Gasteiger partial charge is 0.479 e. The summed E-state index contributed by atoms with van der Waals surface area (Å²) in [5, 5.41) is 32.3. The van der Waals surface area contributed by atoms with E-state index >= 15 is 8.78 Å². The van der Waals surface area contributed by atoms with Gasteiger partial charge in [-0.05, 0) is 74.4 Å². The van der Waals surface area contributed by atoms with E-state index in [1.54, 1.807) is 19.9 Å². The van der Waals surface area contributed by atoms with Gasteiger partial charge in [-0.2, -0.15) is 0 Å². The summed E-state index contributed by atoms with van der Waals surface area (Å²) in [6.45, 7) is 1.61. The Morgan fingerprint density at radius 1 is 1.15 bits per heavy atom. The van der Waals surface area contributed by atoms with Gasteiger partial charge < -0.3 is 54.8 Å². The van der Waals surface area contributed by atoms with Crippen LogP contribution in [-0.4, -0.2) is 131 Å². The molecule has 1 spiro atoms. The predicted octanol–water partition coefficient (Wildman–Crippen LogP) is 2.60. The van der Waals surface area contributed by atoms with Gasteiger partial charge in [0.1, 0.15) is 49.9 Å². The molecule has 5 fully saturated rings. The van der Waals surface area contributed by atoms with Crippen LogP contribution in [0.3, 0.4) is 0 Å². The molecule has 9 unspecified atom stereocenters. The number of carbonyl (C=O) groups excluding carboxylic acids is 4. The smallest absolute Gasteiger partial charge is 0.411 e. The number of Topliss-reactive ketones (excluding diaryl/α,β-unsaturated/α-hetero) is 1. The molecule has 19 heteroatoms. The number of aliphatic carboxylic acids is 1. The zero-order chi connectivity index (χ0) is 43.2. The number of hydrogen-bond donors (Lipinski definition) is 5. The molecule has 2 heterocycles. The number of ketones is 2. The van der Waals surface area contributed by atoms with E-state index in [0.29, 0.717) is 12.0 Å². The first-order chi connectivity index (χ1) is 28.5. The Hall–Kier alpha value is -4.37. The monoisotopic (exact) mass is 847 g/mol. The molecule has 2 aliphatic heterocycles. The number of aliphatic hydroxyl groups is 2. The van der Waals surface area contributed by atoms with E-state index in [0.717, 1.165) is 6.08 Å². The number of amides is 2. The molecule has 0 aromatic heterocycles. The number of nitrogens with one attached hydrogen (secondary N) is 1. The predicted molar refractivity (Wildman–Crippen MR) is 202 cm³/mol. The van der Waals surface area contributed by atoms with Crippen molar-refractivity contribution >= 4 is 35.2 Å². The quantitative estimate of drug-likeness (QED) is 0.150. The number of alkyl halides is 2. The molecule has 60 heavy (non-hydrogen) atoms. The lowest BCUT2D eigenvalue weighted by Gasteiger charge is -2.71. The Labute approximate surface area is 344 Å². The van der Waals surface area contributed by atoms with Crippen LogP contribution in [0.2, 0.25) is 0 Å². The highest BCUT2D eigenvalue weighted by atomic mass is 19.1. The van der Waals surface area contributed by atoms with Gasteiger partial charge in [0.05, 0.1) is 17.9 Å². The Kier molecular flexibility index (Phi) is 12.3. The number of nitrogens with two attached hydrogens (primary N) is 1. The number of fused-ring (bicyclic) bond motifs is 2. The lowest BCUT2D eigenvalue weighted by Crippen LogP contribution is -2.82. The summed E-state index contributed by atoms with van der Waals surface area (Å²) in [6.07, 6.45) is -3.14. The number of carboxylic acid groups (broad SMARTS) is 1. The summed E-state index contributed by atoms with van der Waals surface area (Å²) in [6, 6.07) is 4.50. The van der Waals surface area contributed by atoms with Crippen molar-refractivity contribution in [3.8, 4) is 5.75 Å². The van der Waals surface area contributed by atoms with Gasteiger partial charge >= 0.3 is 12.1 Å². The van der Waals surface area contributed by atoms with Crippen LogP contribution in [0.25, 0.3) is 0 Å². The molecule has 1 aromatic rings. The third-order valence-corrected chi connectivity index (χ3v) is 13.3. The Morgan fingerprint density at radius 2 is 1.93 bits per heavy atom. The molecule has 11 atom stereocenters. The van der Waals surface area contributed by atoms with Crippen molar-refractivity contribution in [2.24, 2.45) is 23.0 Å². The molecule has 2 saturated heterocycles. The van der Waals surface area contributed by atoms with Crippen molar-refractivity contribution in [3.63, 3.8) is 0 Å². The van der Waals surface area contributed by atoms with Crippen molar-refractivity contribution in [2.75, 3.05) is 38.5 Å². The number of anilines is 1. The Bertz CT molecular complexity index is 1950. The minimum Gasteiger partial charge on any atom is -0.479 e. The molecule has 3 saturated carbocycles. The molecule has 17 nitrogen and oxygen atoms in total. The van der Waals surface area contributed by atoms with Crippen molar-refractivity contribution in [1.82, 2.24) is 4.90 Å². The summed E-state index contributed by atoms with van der Waals surface area (Å²) in [4.78, 5) is 64.7. The van der Waals surface area contributed by atoms with Crippen molar-refractivity contribution < 1.29 is 76.5 Å². The van der Waals surface area contributed by atoms with Gasteiger partial charge in [-0.1, -0.05) is 13.0 Å². The van der Waals surface area contributed by atoms with Gasteiger partial charge in [-0.25, -0.2) is 18.4 Å².